The lowest BCUT2D eigenvalue weighted by atomic mass is 10.0. The van der Waals surface area contributed by atoms with Crippen LogP contribution in [0.15, 0.2) is 47.6 Å². The molecule has 0 bridgehead atoms. The van der Waals surface area contributed by atoms with Crippen molar-refractivity contribution in [3.8, 4) is 0 Å². The average molecular weight is 292 g/mol. The van der Waals surface area contributed by atoms with Gasteiger partial charge in [0.1, 0.15) is 0 Å². The molecule has 112 valence electrons. The molecule has 2 aromatic rings. The third-order valence-corrected chi connectivity index (χ3v) is 3.87. The minimum atomic E-state index is 0.891. The molecule has 0 saturated heterocycles. The van der Waals surface area contributed by atoms with E-state index in [4.69, 9.17) is 4.98 Å². The Hall–Kier alpha value is -2.33. The van der Waals surface area contributed by atoms with Gasteiger partial charge in [-0.05, 0) is 49.7 Å². The third-order valence-electron chi connectivity index (χ3n) is 3.87. The van der Waals surface area contributed by atoms with Crippen LogP contribution in [0.3, 0.4) is 0 Å². The first-order valence-corrected chi connectivity index (χ1v) is 7.56. The summed E-state index contributed by atoms with van der Waals surface area (Å²) in [6, 6.07) is 10.1. The van der Waals surface area contributed by atoms with Gasteiger partial charge in [0.15, 0.2) is 0 Å². The van der Waals surface area contributed by atoms with Crippen LogP contribution in [-0.2, 0) is 0 Å². The van der Waals surface area contributed by atoms with Gasteiger partial charge in [-0.15, -0.1) is 0 Å². The number of aromatic nitrogens is 2. The van der Waals surface area contributed by atoms with Gasteiger partial charge in [0, 0.05) is 31.0 Å². The minimum Gasteiger partial charge on any atom is -0.313 e. The summed E-state index contributed by atoms with van der Waals surface area (Å²) in [6.45, 7) is 3.92. The van der Waals surface area contributed by atoms with Crippen LogP contribution in [0.5, 0.6) is 0 Å². The Balaban J connectivity index is 2.01. The van der Waals surface area contributed by atoms with Crippen LogP contribution >= 0.6 is 0 Å². The largest absolute Gasteiger partial charge is 0.313 e. The fourth-order valence-electron chi connectivity index (χ4n) is 2.71. The molecule has 1 N–H and O–H groups in total. The average Bonchev–Trinajstić information content (AvgIpc) is 2.58. The van der Waals surface area contributed by atoms with Gasteiger partial charge in [0.05, 0.1) is 17.1 Å². The van der Waals surface area contributed by atoms with Crippen LogP contribution in [0.25, 0.3) is 5.57 Å². The zero-order valence-electron chi connectivity index (χ0n) is 13.0. The highest BCUT2D eigenvalue weighted by molar-refractivity contribution is 6.12. The Kier molecular flexibility index (Phi) is 4.39. The highest BCUT2D eigenvalue weighted by Crippen LogP contribution is 2.19. The molecule has 1 aliphatic heterocycles. The summed E-state index contributed by atoms with van der Waals surface area (Å²) in [7, 11) is 1.81. The molecule has 0 fully saturated rings. The molecule has 0 radical (unpaired) electrons. The molecule has 0 aliphatic carbocycles. The zero-order valence-corrected chi connectivity index (χ0v) is 13.0. The molecule has 3 rings (SSSR count). The smallest absolute Gasteiger partial charge is 0.0918 e. The van der Waals surface area contributed by atoms with E-state index in [-0.39, 0.29) is 0 Å². The van der Waals surface area contributed by atoms with Crippen molar-refractivity contribution in [3.05, 3.63) is 65.2 Å². The van der Waals surface area contributed by atoms with E-state index in [1.54, 1.807) is 13.2 Å². The Morgan fingerprint density at radius 2 is 2.14 bits per heavy atom. The Bertz CT molecular complexity index is 731. The first-order chi connectivity index (χ1) is 10.8. The maximum atomic E-state index is 4.83. The summed E-state index contributed by atoms with van der Waals surface area (Å²) >= 11 is 0. The lowest BCUT2D eigenvalue weighted by Crippen LogP contribution is -2.20. The molecule has 0 spiro atoms. The highest BCUT2D eigenvalue weighted by atomic mass is 14.9. The van der Waals surface area contributed by atoms with E-state index in [0.717, 1.165) is 47.9 Å². The predicted molar refractivity (Wildman–Crippen MR) is 90.2 cm³/mol. The summed E-state index contributed by atoms with van der Waals surface area (Å²) in [5.74, 6) is 0. The number of hydrogen-bond acceptors (Lipinski definition) is 4. The number of hydrogen-bond donors (Lipinski definition) is 1. The van der Waals surface area contributed by atoms with E-state index in [1.807, 2.05) is 25.1 Å². The van der Waals surface area contributed by atoms with Gasteiger partial charge in [0.2, 0.25) is 0 Å². The Labute approximate surface area is 131 Å². The second-order valence-electron chi connectivity index (χ2n) is 5.30. The molecule has 3 heterocycles. The van der Waals surface area contributed by atoms with E-state index in [9.17, 15) is 0 Å². The number of aliphatic imine (C=N–C) groups is 1. The maximum Gasteiger partial charge on any atom is 0.0918 e. The number of rotatable bonds is 3. The summed E-state index contributed by atoms with van der Waals surface area (Å²) in [5.41, 5.74) is 6.14. The van der Waals surface area contributed by atoms with Crippen LogP contribution in [0, 0.1) is 6.92 Å². The molecule has 4 heteroatoms. The number of nitrogens with one attached hydrogen (secondary N) is 1. The number of pyridine rings is 2. The molecule has 0 unspecified atom stereocenters. The van der Waals surface area contributed by atoms with Crippen molar-refractivity contribution in [3.63, 3.8) is 0 Å². The van der Waals surface area contributed by atoms with E-state index in [1.165, 1.54) is 5.57 Å². The molecule has 2 aromatic heterocycles. The quantitative estimate of drug-likeness (QED) is 0.885. The maximum absolute atomic E-state index is 4.83. The number of aryl methyl sites for hydroxylation is 1. The summed E-state index contributed by atoms with van der Waals surface area (Å²) in [6.07, 6.45) is 5.03. The molecule has 1 aliphatic rings. The van der Waals surface area contributed by atoms with Crippen LogP contribution in [0.1, 0.15) is 29.1 Å². The van der Waals surface area contributed by atoms with Gasteiger partial charge in [-0.2, -0.15) is 0 Å². The normalized spacial score (nSPS) is 15.5. The van der Waals surface area contributed by atoms with Crippen molar-refractivity contribution in [2.45, 2.75) is 13.3 Å². The first kappa shape index (κ1) is 14.6. The lowest BCUT2D eigenvalue weighted by molar-refractivity contribution is 0.737. The minimum absolute atomic E-state index is 0.891. The van der Waals surface area contributed by atoms with Crippen LogP contribution in [0.4, 0.5) is 0 Å². The fourth-order valence-corrected chi connectivity index (χ4v) is 2.71. The van der Waals surface area contributed by atoms with Crippen LogP contribution in [-0.4, -0.2) is 35.8 Å². The van der Waals surface area contributed by atoms with Crippen molar-refractivity contribution >= 4 is 11.3 Å². The Morgan fingerprint density at radius 1 is 1.23 bits per heavy atom. The molecule has 0 saturated carbocycles. The molecular weight excluding hydrogens is 272 g/mol. The van der Waals surface area contributed by atoms with Crippen molar-refractivity contribution < 1.29 is 0 Å². The van der Waals surface area contributed by atoms with Crippen molar-refractivity contribution in [2.24, 2.45) is 4.99 Å². The summed E-state index contributed by atoms with van der Waals surface area (Å²) in [5, 5.41) is 3.33. The van der Waals surface area contributed by atoms with Crippen LogP contribution in [0.2, 0.25) is 0 Å². The molecule has 0 amide bonds. The second-order valence-corrected chi connectivity index (χ2v) is 5.30. The summed E-state index contributed by atoms with van der Waals surface area (Å²) < 4.78 is 0. The van der Waals surface area contributed by atoms with Crippen molar-refractivity contribution in [1.29, 1.82) is 0 Å². The SMILES string of the molecule is CN=C(c1cccc(C2=CCNCC2)n1)c1cccnc1C. The van der Waals surface area contributed by atoms with Gasteiger partial charge in [0.25, 0.3) is 0 Å². The molecule has 4 nitrogen and oxygen atoms in total. The molecule has 0 aromatic carbocycles. The molecular formula is C18H20N4. The fraction of sp³-hybridized carbons (Fsp3) is 0.278. The Morgan fingerprint density at radius 3 is 2.86 bits per heavy atom. The van der Waals surface area contributed by atoms with Gasteiger partial charge >= 0.3 is 0 Å². The number of nitrogens with zero attached hydrogens (tertiary/aromatic N) is 3. The van der Waals surface area contributed by atoms with E-state index in [2.05, 4.69) is 33.5 Å². The molecule has 22 heavy (non-hydrogen) atoms. The van der Waals surface area contributed by atoms with Crippen molar-refractivity contribution in [1.82, 2.24) is 15.3 Å². The summed E-state index contributed by atoms with van der Waals surface area (Å²) in [4.78, 5) is 13.6. The monoisotopic (exact) mass is 292 g/mol. The van der Waals surface area contributed by atoms with Gasteiger partial charge in [-0.1, -0.05) is 12.1 Å². The zero-order chi connectivity index (χ0) is 15.4. The van der Waals surface area contributed by atoms with Crippen LogP contribution < -0.4 is 5.32 Å². The van der Waals surface area contributed by atoms with Gasteiger partial charge in [-0.25, -0.2) is 4.98 Å². The topological polar surface area (TPSA) is 50.2 Å². The van der Waals surface area contributed by atoms with E-state index >= 15 is 0 Å². The highest BCUT2D eigenvalue weighted by Gasteiger charge is 2.13. The van der Waals surface area contributed by atoms with E-state index < -0.39 is 0 Å². The molecule has 0 atom stereocenters. The first-order valence-electron chi connectivity index (χ1n) is 7.56. The van der Waals surface area contributed by atoms with Crippen molar-refractivity contribution in [2.75, 3.05) is 20.1 Å². The standard InChI is InChI=1S/C18H20N4/c1-13-15(5-4-10-21-13)18(19-2)17-7-3-6-16(22-17)14-8-11-20-12-9-14/h3-8,10,20H,9,11-12H2,1-2H3. The third kappa shape index (κ3) is 2.97. The lowest BCUT2D eigenvalue weighted by Gasteiger charge is -2.15. The van der Waals surface area contributed by atoms with Gasteiger partial charge in [-0.3, -0.25) is 9.98 Å². The van der Waals surface area contributed by atoms with E-state index in [0.29, 0.717) is 0 Å². The van der Waals surface area contributed by atoms with Gasteiger partial charge < -0.3 is 5.32 Å². The second kappa shape index (κ2) is 6.62. The predicted octanol–water partition coefficient (Wildman–Crippen LogP) is 2.63.